The van der Waals surface area contributed by atoms with Crippen LogP contribution < -0.4 is 5.32 Å². The number of hydrogen-bond donors (Lipinski definition) is 1. The molecule has 1 aliphatic rings. The van der Waals surface area contributed by atoms with Gasteiger partial charge >= 0.3 is 0 Å². The molecular weight excluding hydrogens is 250 g/mol. The van der Waals surface area contributed by atoms with E-state index in [-0.39, 0.29) is 11.9 Å². The number of hydrogen-bond acceptors (Lipinski definition) is 3. The fraction of sp³-hybridized carbons (Fsp3) is 0.500. The van der Waals surface area contributed by atoms with Crippen LogP contribution in [0.15, 0.2) is 24.3 Å². The number of nitrogens with one attached hydrogen (secondary N) is 1. The Morgan fingerprint density at radius 3 is 2.75 bits per heavy atom. The maximum atomic E-state index is 12.3. The van der Waals surface area contributed by atoms with Crippen molar-refractivity contribution in [2.75, 3.05) is 18.4 Å². The smallest absolute Gasteiger partial charge is 0.241 e. The van der Waals surface area contributed by atoms with Crippen molar-refractivity contribution in [3.05, 3.63) is 29.8 Å². The summed E-state index contributed by atoms with van der Waals surface area (Å²) in [6.07, 6.45) is 2.41. The Morgan fingerprint density at radius 1 is 1.45 bits per heavy atom. The minimum Gasteiger partial charge on any atom is -0.325 e. The molecule has 0 unspecified atom stereocenters. The van der Waals surface area contributed by atoms with Gasteiger partial charge in [-0.1, -0.05) is 6.92 Å². The summed E-state index contributed by atoms with van der Waals surface area (Å²) in [4.78, 5) is 14.5. The van der Waals surface area contributed by atoms with Gasteiger partial charge in [-0.05, 0) is 56.5 Å². The second kappa shape index (κ2) is 6.53. The van der Waals surface area contributed by atoms with Crippen LogP contribution in [0.3, 0.4) is 0 Å². The first-order valence-corrected chi connectivity index (χ1v) is 7.15. The summed E-state index contributed by atoms with van der Waals surface area (Å²) in [6, 6.07) is 8.90. The molecule has 106 valence electrons. The molecule has 1 aromatic rings. The van der Waals surface area contributed by atoms with Gasteiger partial charge in [-0.15, -0.1) is 0 Å². The van der Waals surface area contributed by atoms with Gasteiger partial charge in [-0.25, -0.2) is 0 Å². The molecule has 1 N–H and O–H groups in total. The number of nitrogens with zero attached hydrogens (tertiary/aromatic N) is 2. The van der Waals surface area contributed by atoms with E-state index in [0.717, 1.165) is 25.2 Å². The standard InChI is InChI=1S/C16H21N3O/c1-12-4-3-9-19(11-12)13(2)16(20)18-15-7-5-14(10-17)6-8-15/h5-8,12-13H,3-4,9,11H2,1-2H3,(H,18,20)/t12-,13+/m0/s1. The van der Waals surface area contributed by atoms with Crippen LogP contribution >= 0.6 is 0 Å². The van der Waals surface area contributed by atoms with Gasteiger partial charge in [0.25, 0.3) is 0 Å². The van der Waals surface area contributed by atoms with Crippen LogP contribution in [0, 0.1) is 17.2 Å². The Kier molecular flexibility index (Phi) is 4.75. The second-order valence-corrected chi connectivity index (χ2v) is 5.60. The lowest BCUT2D eigenvalue weighted by molar-refractivity contribution is -0.121. The normalized spacial score (nSPS) is 20.9. The molecular formula is C16H21N3O. The maximum Gasteiger partial charge on any atom is 0.241 e. The lowest BCUT2D eigenvalue weighted by Gasteiger charge is -2.34. The van der Waals surface area contributed by atoms with Crippen molar-refractivity contribution in [3.63, 3.8) is 0 Å². The van der Waals surface area contributed by atoms with Crippen LogP contribution in [0.2, 0.25) is 0 Å². The Balaban J connectivity index is 1.94. The highest BCUT2D eigenvalue weighted by molar-refractivity contribution is 5.94. The highest BCUT2D eigenvalue weighted by Gasteiger charge is 2.25. The Morgan fingerprint density at radius 2 is 2.15 bits per heavy atom. The molecule has 1 aromatic carbocycles. The van der Waals surface area contributed by atoms with E-state index in [4.69, 9.17) is 5.26 Å². The van der Waals surface area contributed by atoms with Crippen molar-refractivity contribution < 1.29 is 4.79 Å². The molecule has 0 bridgehead atoms. The Hall–Kier alpha value is -1.86. The van der Waals surface area contributed by atoms with E-state index in [2.05, 4.69) is 23.2 Å². The van der Waals surface area contributed by atoms with Gasteiger partial charge in [0.05, 0.1) is 17.7 Å². The van der Waals surface area contributed by atoms with Crippen LogP contribution in [0.4, 0.5) is 5.69 Å². The van der Waals surface area contributed by atoms with E-state index in [1.165, 1.54) is 6.42 Å². The first kappa shape index (κ1) is 14.5. The minimum atomic E-state index is -0.117. The highest BCUT2D eigenvalue weighted by atomic mass is 16.2. The average molecular weight is 271 g/mol. The summed E-state index contributed by atoms with van der Waals surface area (Å²) in [6.45, 7) is 6.17. The molecule has 0 aromatic heterocycles. The quantitative estimate of drug-likeness (QED) is 0.919. The number of likely N-dealkylation sites (tertiary alicyclic amines) is 1. The van der Waals surface area contributed by atoms with Gasteiger partial charge in [0.15, 0.2) is 0 Å². The Bertz CT molecular complexity index is 503. The summed E-state index contributed by atoms with van der Waals surface area (Å²) in [5.74, 6) is 0.678. The third-order valence-electron chi connectivity index (χ3n) is 3.90. The van der Waals surface area contributed by atoms with E-state index in [1.54, 1.807) is 24.3 Å². The molecule has 1 heterocycles. The molecule has 0 saturated carbocycles. The van der Waals surface area contributed by atoms with Gasteiger partial charge in [-0.3, -0.25) is 9.69 Å². The van der Waals surface area contributed by atoms with Crippen molar-refractivity contribution in [2.45, 2.75) is 32.7 Å². The zero-order valence-electron chi connectivity index (χ0n) is 12.1. The van der Waals surface area contributed by atoms with Crippen molar-refractivity contribution >= 4 is 11.6 Å². The molecule has 1 aliphatic heterocycles. The predicted octanol–water partition coefficient (Wildman–Crippen LogP) is 2.62. The summed E-state index contributed by atoms with van der Waals surface area (Å²) >= 11 is 0. The lowest BCUT2D eigenvalue weighted by Crippen LogP contribution is -2.46. The number of benzene rings is 1. The molecule has 2 rings (SSSR count). The fourth-order valence-corrected chi connectivity index (χ4v) is 2.62. The minimum absolute atomic E-state index is 0.0174. The summed E-state index contributed by atoms with van der Waals surface area (Å²) in [5, 5.41) is 11.7. The van der Waals surface area contributed by atoms with Gasteiger partial charge < -0.3 is 5.32 Å². The molecule has 0 aliphatic carbocycles. The SMILES string of the molecule is C[C@H]1CCCN([C@H](C)C(=O)Nc2ccc(C#N)cc2)C1. The Labute approximate surface area is 120 Å². The summed E-state index contributed by atoms with van der Waals surface area (Å²) in [7, 11) is 0. The van der Waals surface area contributed by atoms with E-state index in [0.29, 0.717) is 11.5 Å². The molecule has 0 radical (unpaired) electrons. The molecule has 4 heteroatoms. The van der Waals surface area contributed by atoms with Crippen LogP contribution in [0.5, 0.6) is 0 Å². The van der Waals surface area contributed by atoms with Crippen molar-refractivity contribution in [2.24, 2.45) is 5.92 Å². The van der Waals surface area contributed by atoms with E-state index >= 15 is 0 Å². The van der Waals surface area contributed by atoms with Gasteiger partial charge in [-0.2, -0.15) is 5.26 Å². The fourth-order valence-electron chi connectivity index (χ4n) is 2.62. The third-order valence-corrected chi connectivity index (χ3v) is 3.90. The monoisotopic (exact) mass is 271 g/mol. The van der Waals surface area contributed by atoms with Crippen molar-refractivity contribution in [1.82, 2.24) is 4.90 Å². The number of anilines is 1. The number of amides is 1. The number of piperidine rings is 1. The maximum absolute atomic E-state index is 12.3. The number of rotatable bonds is 3. The van der Waals surface area contributed by atoms with E-state index < -0.39 is 0 Å². The zero-order valence-corrected chi connectivity index (χ0v) is 12.1. The molecule has 1 fully saturated rings. The van der Waals surface area contributed by atoms with Crippen molar-refractivity contribution in [1.29, 1.82) is 5.26 Å². The van der Waals surface area contributed by atoms with Crippen LogP contribution in [-0.2, 0) is 4.79 Å². The largest absolute Gasteiger partial charge is 0.325 e. The van der Waals surface area contributed by atoms with E-state index in [1.807, 2.05) is 6.92 Å². The van der Waals surface area contributed by atoms with Crippen LogP contribution in [0.1, 0.15) is 32.3 Å². The third kappa shape index (κ3) is 3.58. The first-order chi connectivity index (χ1) is 9.60. The van der Waals surface area contributed by atoms with Gasteiger partial charge in [0, 0.05) is 12.2 Å². The zero-order chi connectivity index (χ0) is 14.5. The second-order valence-electron chi connectivity index (χ2n) is 5.60. The van der Waals surface area contributed by atoms with Gasteiger partial charge in [0.2, 0.25) is 5.91 Å². The molecule has 1 amide bonds. The molecule has 4 nitrogen and oxygen atoms in total. The topological polar surface area (TPSA) is 56.1 Å². The molecule has 1 saturated heterocycles. The number of carbonyl (C=O) groups excluding carboxylic acids is 1. The number of carbonyl (C=O) groups is 1. The van der Waals surface area contributed by atoms with Crippen LogP contribution in [-0.4, -0.2) is 29.9 Å². The number of nitriles is 1. The van der Waals surface area contributed by atoms with Crippen LogP contribution in [0.25, 0.3) is 0 Å². The first-order valence-electron chi connectivity index (χ1n) is 7.15. The van der Waals surface area contributed by atoms with E-state index in [9.17, 15) is 4.79 Å². The summed E-state index contributed by atoms with van der Waals surface area (Å²) < 4.78 is 0. The highest BCUT2D eigenvalue weighted by Crippen LogP contribution is 2.18. The predicted molar refractivity (Wildman–Crippen MR) is 79.2 cm³/mol. The van der Waals surface area contributed by atoms with Gasteiger partial charge in [0.1, 0.15) is 0 Å². The lowest BCUT2D eigenvalue weighted by atomic mass is 9.99. The summed E-state index contributed by atoms with van der Waals surface area (Å²) in [5.41, 5.74) is 1.34. The average Bonchev–Trinajstić information content (AvgIpc) is 2.47. The molecule has 20 heavy (non-hydrogen) atoms. The van der Waals surface area contributed by atoms with Crippen molar-refractivity contribution in [3.8, 4) is 6.07 Å². The molecule has 0 spiro atoms. The molecule has 2 atom stereocenters.